The fraction of sp³-hybridized carbons (Fsp3) is 0.333. The number of nitrogens with one attached hydrogen (secondary N) is 2. The third kappa shape index (κ3) is 7.71. The fourth-order valence-corrected chi connectivity index (χ4v) is 4.53. The van der Waals surface area contributed by atoms with Crippen molar-refractivity contribution in [1.82, 2.24) is 10.6 Å². The summed E-state index contributed by atoms with van der Waals surface area (Å²) in [6.45, 7) is 2.49. The molecule has 35 heavy (non-hydrogen) atoms. The van der Waals surface area contributed by atoms with E-state index in [1.54, 1.807) is 5.57 Å². The Hall–Kier alpha value is -3.60. The number of allylic oxidation sites excluding steroid dienone is 9. The Balaban J connectivity index is 1.21. The minimum atomic E-state index is -0.491. The minimum absolute atomic E-state index is 0.0477. The summed E-state index contributed by atoms with van der Waals surface area (Å²) in [7, 11) is 0. The summed E-state index contributed by atoms with van der Waals surface area (Å²) in [5, 5.41) is 5.82. The smallest absolute Gasteiger partial charge is 0.411 e. The molecule has 0 saturated heterocycles. The number of amides is 2. The zero-order valence-corrected chi connectivity index (χ0v) is 20.3. The summed E-state index contributed by atoms with van der Waals surface area (Å²) in [6, 6.07) is 9.56. The minimum Gasteiger partial charge on any atom is -0.444 e. The van der Waals surface area contributed by atoms with Crippen molar-refractivity contribution in [1.29, 1.82) is 0 Å². The number of carbonyl (C=O) groups is 2. The number of alkyl carbamates (subject to hydrolysis) is 1. The maximum atomic E-state index is 12.7. The standard InChI is InChI=1S/C30H34N2O3/c1-2-24-20-28(24)25-12-7-15-26(16-8-13-25)31-29(33)19-22-11-6-14-27(18-17-22)32-30(34)35-21-23-9-4-3-5-10-23/h3-7,9-11,13-17,24,28H,2,8,12,18-21H2,1H3,(H,31,33)(H,32,34)/b15-7-,25-13+,26-16+/t24-,28+/m0/s1. The van der Waals surface area contributed by atoms with Crippen molar-refractivity contribution >= 4 is 12.0 Å². The second kappa shape index (κ2) is 12.2. The summed E-state index contributed by atoms with van der Waals surface area (Å²) in [4.78, 5) is 24.8. The highest BCUT2D eigenvalue weighted by atomic mass is 16.5. The molecule has 0 aliphatic heterocycles. The highest BCUT2D eigenvalue weighted by Gasteiger charge is 2.37. The lowest BCUT2D eigenvalue weighted by atomic mass is 10.0. The van der Waals surface area contributed by atoms with Crippen LogP contribution >= 0.6 is 0 Å². The fourth-order valence-electron chi connectivity index (χ4n) is 4.53. The van der Waals surface area contributed by atoms with Crippen molar-refractivity contribution in [3.05, 3.63) is 107 Å². The van der Waals surface area contributed by atoms with Gasteiger partial charge in [0, 0.05) is 17.8 Å². The van der Waals surface area contributed by atoms with Crippen molar-refractivity contribution in [3.8, 4) is 0 Å². The molecule has 1 aromatic rings. The number of hydrogen-bond donors (Lipinski definition) is 2. The Morgan fingerprint density at radius 2 is 1.89 bits per heavy atom. The molecule has 1 saturated carbocycles. The maximum absolute atomic E-state index is 12.7. The van der Waals surface area contributed by atoms with Crippen LogP contribution in [0, 0.1) is 11.8 Å². The molecule has 5 nitrogen and oxygen atoms in total. The van der Waals surface area contributed by atoms with Crippen LogP contribution in [0.3, 0.4) is 0 Å². The molecule has 2 amide bonds. The first-order valence-electron chi connectivity index (χ1n) is 12.5. The number of hydrogen-bond acceptors (Lipinski definition) is 3. The van der Waals surface area contributed by atoms with Gasteiger partial charge < -0.3 is 10.1 Å². The first-order chi connectivity index (χ1) is 17.1. The maximum Gasteiger partial charge on any atom is 0.411 e. The molecule has 0 spiro atoms. The molecule has 1 fully saturated rings. The lowest BCUT2D eigenvalue weighted by molar-refractivity contribution is -0.119. The molecule has 0 unspecified atom stereocenters. The molecule has 3 aliphatic rings. The van der Waals surface area contributed by atoms with E-state index in [0.29, 0.717) is 6.42 Å². The van der Waals surface area contributed by atoms with Gasteiger partial charge in [0.05, 0.1) is 6.42 Å². The molecule has 3 aliphatic carbocycles. The van der Waals surface area contributed by atoms with Crippen molar-refractivity contribution in [3.63, 3.8) is 0 Å². The molecule has 4 rings (SSSR count). The van der Waals surface area contributed by atoms with Gasteiger partial charge >= 0.3 is 6.09 Å². The third-order valence-electron chi connectivity index (χ3n) is 6.61. The van der Waals surface area contributed by atoms with Crippen molar-refractivity contribution in [2.75, 3.05) is 0 Å². The van der Waals surface area contributed by atoms with Gasteiger partial charge in [0.15, 0.2) is 0 Å². The number of benzene rings is 1. The molecule has 0 heterocycles. The SMILES string of the molecule is CC[C@H]1C[C@H]1/C1=C/C/C=C(NC(=O)CC2=CCC(NC(=O)OCc3ccccc3)=CC=C2)\C=C/C1. The number of rotatable bonds is 8. The lowest BCUT2D eigenvalue weighted by Gasteiger charge is -2.11. The first-order valence-corrected chi connectivity index (χ1v) is 12.5. The van der Waals surface area contributed by atoms with E-state index in [4.69, 9.17) is 4.74 Å². The molecule has 5 heteroatoms. The van der Waals surface area contributed by atoms with Crippen LogP contribution in [0.2, 0.25) is 0 Å². The molecule has 0 bridgehead atoms. The molecule has 2 N–H and O–H groups in total. The van der Waals surface area contributed by atoms with Crippen LogP contribution in [0.25, 0.3) is 0 Å². The topological polar surface area (TPSA) is 67.4 Å². The van der Waals surface area contributed by atoms with Crippen LogP contribution in [0.15, 0.2) is 101 Å². The van der Waals surface area contributed by atoms with E-state index in [9.17, 15) is 9.59 Å². The van der Waals surface area contributed by atoms with Gasteiger partial charge in [-0.25, -0.2) is 4.79 Å². The second-order valence-electron chi connectivity index (χ2n) is 9.24. The molecular formula is C30H34N2O3. The predicted molar refractivity (Wildman–Crippen MR) is 139 cm³/mol. The van der Waals surface area contributed by atoms with Crippen LogP contribution in [-0.2, 0) is 16.1 Å². The summed E-state index contributed by atoms with van der Waals surface area (Å²) in [5.74, 6) is 1.58. The highest BCUT2D eigenvalue weighted by molar-refractivity contribution is 5.81. The van der Waals surface area contributed by atoms with Gasteiger partial charge in [-0.1, -0.05) is 85.7 Å². The van der Waals surface area contributed by atoms with Crippen LogP contribution in [-0.4, -0.2) is 12.0 Å². The van der Waals surface area contributed by atoms with E-state index >= 15 is 0 Å². The quantitative estimate of drug-likeness (QED) is 0.432. The van der Waals surface area contributed by atoms with Crippen LogP contribution < -0.4 is 10.6 Å². The molecular weight excluding hydrogens is 436 g/mol. The molecule has 182 valence electrons. The Bertz CT molecular complexity index is 1110. The van der Waals surface area contributed by atoms with E-state index in [-0.39, 0.29) is 18.9 Å². The van der Waals surface area contributed by atoms with E-state index in [1.165, 1.54) is 12.8 Å². The van der Waals surface area contributed by atoms with E-state index < -0.39 is 6.09 Å². The van der Waals surface area contributed by atoms with E-state index in [1.807, 2.05) is 60.7 Å². The van der Waals surface area contributed by atoms with Crippen molar-refractivity contribution < 1.29 is 14.3 Å². The number of ether oxygens (including phenoxy) is 1. The average molecular weight is 471 g/mol. The van der Waals surface area contributed by atoms with Crippen molar-refractivity contribution in [2.24, 2.45) is 11.8 Å². The first kappa shape index (κ1) is 24.5. The molecule has 2 atom stereocenters. The highest BCUT2D eigenvalue weighted by Crippen LogP contribution is 2.47. The Morgan fingerprint density at radius 3 is 2.69 bits per heavy atom. The largest absolute Gasteiger partial charge is 0.444 e. The van der Waals surface area contributed by atoms with Crippen LogP contribution in [0.1, 0.15) is 51.0 Å². The Kier molecular flexibility index (Phi) is 8.55. The van der Waals surface area contributed by atoms with Crippen LogP contribution in [0.5, 0.6) is 0 Å². The average Bonchev–Trinajstić information content (AvgIpc) is 3.65. The zero-order valence-electron chi connectivity index (χ0n) is 20.3. The van der Waals surface area contributed by atoms with Gasteiger partial charge in [0.25, 0.3) is 0 Å². The second-order valence-corrected chi connectivity index (χ2v) is 9.24. The summed E-state index contributed by atoms with van der Waals surface area (Å²) < 4.78 is 5.28. The zero-order chi connectivity index (χ0) is 24.5. The monoisotopic (exact) mass is 470 g/mol. The van der Waals surface area contributed by atoms with Gasteiger partial charge in [-0.2, -0.15) is 0 Å². The molecule has 1 aromatic carbocycles. The van der Waals surface area contributed by atoms with Gasteiger partial charge in [-0.15, -0.1) is 0 Å². The Morgan fingerprint density at radius 1 is 1.03 bits per heavy atom. The third-order valence-corrected chi connectivity index (χ3v) is 6.61. The summed E-state index contributed by atoms with van der Waals surface area (Å²) >= 11 is 0. The summed E-state index contributed by atoms with van der Waals surface area (Å²) in [5.41, 5.74) is 4.97. The predicted octanol–water partition coefficient (Wildman–Crippen LogP) is 6.40. The number of carbonyl (C=O) groups excluding carboxylic acids is 2. The van der Waals surface area contributed by atoms with Crippen molar-refractivity contribution in [2.45, 2.75) is 52.1 Å². The van der Waals surface area contributed by atoms with Crippen LogP contribution in [0.4, 0.5) is 4.79 Å². The molecule has 0 radical (unpaired) electrons. The normalized spacial score (nSPS) is 25.2. The van der Waals surface area contributed by atoms with E-state index in [0.717, 1.165) is 47.2 Å². The summed E-state index contributed by atoms with van der Waals surface area (Å²) in [6.07, 6.45) is 20.9. The van der Waals surface area contributed by atoms with E-state index in [2.05, 4.69) is 35.8 Å². The molecule has 0 aromatic heterocycles. The van der Waals surface area contributed by atoms with Gasteiger partial charge in [0.1, 0.15) is 6.61 Å². The van der Waals surface area contributed by atoms with Gasteiger partial charge in [-0.3, -0.25) is 10.1 Å². The Labute approximate surface area is 208 Å². The van der Waals surface area contributed by atoms with Gasteiger partial charge in [0.2, 0.25) is 5.91 Å². The lowest BCUT2D eigenvalue weighted by Crippen LogP contribution is -2.23. The van der Waals surface area contributed by atoms with Gasteiger partial charge in [-0.05, 0) is 54.4 Å².